The third-order valence-corrected chi connectivity index (χ3v) is 10.4. The van der Waals surface area contributed by atoms with E-state index in [1.807, 2.05) is 48.5 Å². The number of aromatic nitrogens is 3. The van der Waals surface area contributed by atoms with Gasteiger partial charge in [0.1, 0.15) is 0 Å². The lowest BCUT2D eigenvalue weighted by Crippen LogP contribution is -2.14. The number of rotatable bonds is 6. The highest BCUT2D eigenvalue weighted by Crippen LogP contribution is 2.50. The first-order valence-electron chi connectivity index (χ1n) is 17.8. The molecule has 7 aromatic carbocycles. The van der Waals surface area contributed by atoms with Gasteiger partial charge in [-0.25, -0.2) is 15.0 Å². The van der Waals surface area contributed by atoms with Gasteiger partial charge in [0.05, 0.1) is 11.6 Å². The summed E-state index contributed by atoms with van der Waals surface area (Å²) in [4.78, 5) is 14.9. The van der Waals surface area contributed by atoms with Crippen LogP contribution in [0.3, 0.4) is 0 Å². The zero-order chi connectivity index (χ0) is 35.9. The van der Waals surface area contributed by atoms with E-state index in [2.05, 4.69) is 141 Å². The molecule has 4 nitrogen and oxygen atoms in total. The number of benzene rings is 7. The fourth-order valence-corrected chi connectivity index (χ4v) is 7.56. The minimum Gasteiger partial charge on any atom is -0.208 e. The zero-order valence-corrected chi connectivity index (χ0v) is 29.5. The van der Waals surface area contributed by atoms with Crippen molar-refractivity contribution in [3.05, 3.63) is 187 Å². The Hall–Kier alpha value is -6.96. The molecule has 0 saturated heterocycles. The first-order valence-corrected chi connectivity index (χ1v) is 17.8. The van der Waals surface area contributed by atoms with Crippen molar-refractivity contribution >= 4 is 0 Å². The standard InChI is InChI=1S/C49H34N4/c1-49(2)43-28-27-39(30-42(43)45-41(31-50)17-10-18-44(45)49)35-21-19-34(20-22-35)38-15-9-16-40(29-38)48-52-46(36-13-7-4-8-14-36)51-47(53-48)37-25-23-33(24-26-37)32-11-5-3-6-12-32/h3-30H,1-2H3. The Morgan fingerprint density at radius 2 is 0.830 bits per heavy atom. The Morgan fingerprint density at radius 3 is 1.45 bits per heavy atom. The van der Waals surface area contributed by atoms with Gasteiger partial charge < -0.3 is 0 Å². The molecule has 0 unspecified atom stereocenters. The van der Waals surface area contributed by atoms with Gasteiger partial charge in [-0.2, -0.15) is 5.26 Å². The van der Waals surface area contributed by atoms with Crippen LogP contribution in [-0.2, 0) is 5.41 Å². The molecule has 0 atom stereocenters. The lowest BCUT2D eigenvalue weighted by atomic mass is 9.82. The van der Waals surface area contributed by atoms with E-state index in [9.17, 15) is 5.26 Å². The summed E-state index contributed by atoms with van der Waals surface area (Å²) in [6, 6.07) is 61.1. The molecular weight excluding hydrogens is 645 g/mol. The Bertz CT molecular complexity index is 2670. The molecule has 1 aromatic heterocycles. The average Bonchev–Trinajstić information content (AvgIpc) is 3.47. The van der Waals surface area contributed by atoms with Gasteiger partial charge in [0, 0.05) is 27.7 Å². The summed E-state index contributed by atoms with van der Waals surface area (Å²) in [7, 11) is 0. The van der Waals surface area contributed by atoms with Gasteiger partial charge in [-0.05, 0) is 68.3 Å². The van der Waals surface area contributed by atoms with Crippen molar-refractivity contribution in [1.29, 1.82) is 5.26 Å². The first-order chi connectivity index (χ1) is 26.0. The van der Waals surface area contributed by atoms with Crippen molar-refractivity contribution in [3.63, 3.8) is 0 Å². The minimum atomic E-state index is -0.154. The lowest BCUT2D eigenvalue weighted by molar-refractivity contribution is 0.660. The summed E-state index contributed by atoms with van der Waals surface area (Å²) in [5, 5.41) is 9.93. The third kappa shape index (κ3) is 5.79. The van der Waals surface area contributed by atoms with E-state index in [1.54, 1.807) is 0 Å². The van der Waals surface area contributed by atoms with Gasteiger partial charge in [0.2, 0.25) is 0 Å². The molecule has 53 heavy (non-hydrogen) atoms. The van der Waals surface area contributed by atoms with Gasteiger partial charge in [-0.15, -0.1) is 0 Å². The predicted octanol–water partition coefficient (Wildman–Crippen LogP) is 12.1. The fraction of sp³-hybridized carbons (Fsp3) is 0.0612. The second-order valence-corrected chi connectivity index (χ2v) is 14.0. The molecule has 0 bridgehead atoms. The van der Waals surface area contributed by atoms with Gasteiger partial charge in [0.15, 0.2) is 17.5 Å². The van der Waals surface area contributed by atoms with Crippen LogP contribution in [0.4, 0.5) is 0 Å². The summed E-state index contributed by atoms with van der Waals surface area (Å²) in [5.41, 5.74) is 14.8. The molecular formula is C49H34N4. The second kappa shape index (κ2) is 13.0. The molecule has 0 saturated carbocycles. The molecule has 8 aromatic rings. The van der Waals surface area contributed by atoms with Crippen molar-refractivity contribution in [2.24, 2.45) is 0 Å². The largest absolute Gasteiger partial charge is 0.208 e. The Labute approximate surface area is 309 Å². The van der Waals surface area contributed by atoms with Crippen LogP contribution in [-0.4, -0.2) is 15.0 Å². The van der Waals surface area contributed by atoms with Crippen LogP contribution >= 0.6 is 0 Å². The molecule has 9 rings (SSSR count). The van der Waals surface area contributed by atoms with E-state index < -0.39 is 0 Å². The van der Waals surface area contributed by atoms with E-state index in [4.69, 9.17) is 15.0 Å². The summed E-state index contributed by atoms with van der Waals surface area (Å²) < 4.78 is 0. The van der Waals surface area contributed by atoms with Crippen molar-refractivity contribution in [1.82, 2.24) is 15.0 Å². The molecule has 4 heteroatoms. The summed E-state index contributed by atoms with van der Waals surface area (Å²) >= 11 is 0. The SMILES string of the molecule is CC1(C)c2ccc(-c3ccc(-c4cccc(-c5nc(-c6ccccc6)nc(-c6ccc(-c7ccccc7)cc6)n5)c4)cc3)cc2-c2c(C#N)cccc21. The topological polar surface area (TPSA) is 62.5 Å². The van der Waals surface area contributed by atoms with E-state index in [-0.39, 0.29) is 5.41 Å². The van der Waals surface area contributed by atoms with Crippen molar-refractivity contribution < 1.29 is 0 Å². The zero-order valence-electron chi connectivity index (χ0n) is 29.5. The smallest absolute Gasteiger partial charge is 0.164 e. The molecule has 0 aliphatic heterocycles. The van der Waals surface area contributed by atoms with Crippen molar-refractivity contribution in [3.8, 4) is 84.7 Å². The maximum absolute atomic E-state index is 9.93. The van der Waals surface area contributed by atoms with Gasteiger partial charge in [-0.3, -0.25) is 0 Å². The highest BCUT2D eigenvalue weighted by atomic mass is 15.0. The second-order valence-electron chi connectivity index (χ2n) is 14.0. The quantitative estimate of drug-likeness (QED) is 0.176. The van der Waals surface area contributed by atoms with Crippen LogP contribution < -0.4 is 0 Å². The van der Waals surface area contributed by atoms with Gasteiger partial charge in [-0.1, -0.05) is 166 Å². The number of hydrogen-bond acceptors (Lipinski definition) is 4. The van der Waals surface area contributed by atoms with Crippen molar-refractivity contribution in [2.75, 3.05) is 0 Å². The molecule has 0 fully saturated rings. The molecule has 0 N–H and O–H groups in total. The van der Waals surface area contributed by atoms with Crippen molar-refractivity contribution in [2.45, 2.75) is 19.3 Å². The van der Waals surface area contributed by atoms with Crippen LogP contribution in [0.15, 0.2) is 170 Å². The summed E-state index contributed by atoms with van der Waals surface area (Å²) in [6.45, 7) is 4.48. The fourth-order valence-electron chi connectivity index (χ4n) is 7.56. The number of hydrogen-bond donors (Lipinski definition) is 0. The third-order valence-electron chi connectivity index (χ3n) is 10.4. The average molecular weight is 679 g/mol. The molecule has 0 spiro atoms. The highest BCUT2D eigenvalue weighted by Gasteiger charge is 2.36. The van der Waals surface area contributed by atoms with E-state index in [1.165, 1.54) is 16.7 Å². The predicted molar refractivity (Wildman–Crippen MR) is 215 cm³/mol. The monoisotopic (exact) mass is 678 g/mol. The van der Waals surface area contributed by atoms with E-state index >= 15 is 0 Å². The van der Waals surface area contributed by atoms with Crippen LogP contribution in [0.1, 0.15) is 30.5 Å². The molecule has 1 aliphatic rings. The minimum absolute atomic E-state index is 0.154. The van der Waals surface area contributed by atoms with Gasteiger partial charge in [0.25, 0.3) is 0 Å². The summed E-state index contributed by atoms with van der Waals surface area (Å²) in [5.74, 6) is 1.89. The number of nitriles is 1. The molecule has 1 aliphatic carbocycles. The molecule has 250 valence electrons. The van der Waals surface area contributed by atoms with E-state index in [0.717, 1.165) is 61.2 Å². The van der Waals surface area contributed by atoms with E-state index in [0.29, 0.717) is 17.5 Å². The Balaban J connectivity index is 1.05. The highest BCUT2D eigenvalue weighted by molar-refractivity contribution is 5.88. The van der Waals surface area contributed by atoms with Gasteiger partial charge >= 0.3 is 0 Å². The maximum Gasteiger partial charge on any atom is 0.164 e. The lowest BCUT2D eigenvalue weighted by Gasteiger charge is -2.21. The Kier molecular flexibility index (Phi) is 7.83. The molecule has 0 radical (unpaired) electrons. The first kappa shape index (κ1) is 32.0. The van der Waals surface area contributed by atoms with Crippen LogP contribution in [0, 0.1) is 11.3 Å². The normalized spacial score (nSPS) is 12.5. The molecule has 1 heterocycles. The summed E-state index contributed by atoms with van der Waals surface area (Å²) in [6.07, 6.45) is 0. The number of nitrogens with zero attached hydrogens (tertiary/aromatic N) is 4. The number of fused-ring (bicyclic) bond motifs is 3. The van der Waals surface area contributed by atoms with Crippen LogP contribution in [0.25, 0.3) is 78.7 Å². The maximum atomic E-state index is 9.93. The van der Waals surface area contributed by atoms with Crippen LogP contribution in [0.5, 0.6) is 0 Å². The van der Waals surface area contributed by atoms with Crippen LogP contribution in [0.2, 0.25) is 0 Å². The Morgan fingerprint density at radius 1 is 0.396 bits per heavy atom. The molecule has 0 amide bonds.